The lowest BCUT2D eigenvalue weighted by Crippen LogP contribution is -1.85. The van der Waals surface area contributed by atoms with E-state index in [-0.39, 0.29) is 0 Å². The van der Waals surface area contributed by atoms with Gasteiger partial charge in [-0.1, -0.05) is 24.3 Å². The van der Waals surface area contributed by atoms with Crippen molar-refractivity contribution in [3.63, 3.8) is 0 Å². The van der Waals surface area contributed by atoms with Gasteiger partial charge in [-0.3, -0.25) is 0 Å². The van der Waals surface area contributed by atoms with Crippen molar-refractivity contribution in [3.8, 4) is 10.4 Å². The predicted octanol–water partition coefficient (Wildman–Crippen LogP) is 3.51. The SMILES string of the molecule is O=C(O)/C=C\c1cccc(-c2cccs2)c1. The Morgan fingerprint density at radius 1 is 1.25 bits per heavy atom. The largest absolute Gasteiger partial charge is 0.478 e. The highest BCUT2D eigenvalue weighted by Gasteiger charge is 1.98. The van der Waals surface area contributed by atoms with Gasteiger partial charge in [-0.15, -0.1) is 11.3 Å². The lowest BCUT2D eigenvalue weighted by molar-refractivity contribution is -0.131. The van der Waals surface area contributed by atoms with Crippen LogP contribution in [-0.2, 0) is 4.79 Å². The van der Waals surface area contributed by atoms with Gasteiger partial charge in [-0.2, -0.15) is 0 Å². The molecule has 0 aliphatic heterocycles. The fraction of sp³-hybridized carbons (Fsp3) is 0. The Labute approximate surface area is 97.5 Å². The lowest BCUT2D eigenvalue weighted by atomic mass is 10.1. The molecular weight excluding hydrogens is 220 g/mol. The van der Waals surface area contributed by atoms with Gasteiger partial charge < -0.3 is 5.11 Å². The minimum Gasteiger partial charge on any atom is -0.478 e. The first-order valence-corrected chi connectivity index (χ1v) is 5.68. The van der Waals surface area contributed by atoms with Crippen LogP contribution in [0.15, 0.2) is 47.9 Å². The molecule has 2 nitrogen and oxygen atoms in total. The molecule has 0 amide bonds. The first-order valence-electron chi connectivity index (χ1n) is 4.80. The lowest BCUT2D eigenvalue weighted by Gasteiger charge is -1.98. The van der Waals surface area contributed by atoms with Gasteiger partial charge in [0, 0.05) is 11.0 Å². The Balaban J connectivity index is 2.30. The van der Waals surface area contributed by atoms with E-state index in [1.54, 1.807) is 17.4 Å². The molecule has 2 aromatic rings. The minimum atomic E-state index is -0.929. The van der Waals surface area contributed by atoms with Crippen molar-refractivity contribution in [2.24, 2.45) is 0 Å². The number of aliphatic carboxylic acids is 1. The maximum atomic E-state index is 10.4. The molecule has 1 heterocycles. The quantitative estimate of drug-likeness (QED) is 0.819. The first kappa shape index (κ1) is 10.6. The molecule has 0 bridgehead atoms. The molecule has 1 aromatic carbocycles. The maximum Gasteiger partial charge on any atom is 0.328 e. The van der Waals surface area contributed by atoms with Crippen molar-refractivity contribution in [3.05, 3.63) is 53.4 Å². The third-order valence-electron chi connectivity index (χ3n) is 2.11. The molecule has 0 spiro atoms. The Bertz CT molecular complexity index is 512. The van der Waals surface area contributed by atoms with Crippen LogP contribution in [0.4, 0.5) is 0 Å². The fourth-order valence-electron chi connectivity index (χ4n) is 1.41. The van der Waals surface area contributed by atoms with Crippen molar-refractivity contribution >= 4 is 23.4 Å². The summed E-state index contributed by atoms with van der Waals surface area (Å²) in [5.41, 5.74) is 2.01. The summed E-state index contributed by atoms with van der Waals surface area (Å²) in [5.74, 6) is -0.929. The summed E-state index contributed by atoms with van der Waals surface area (Å²) in [6, 6.07) is 11.9. The molecule has 0 saturated heterocycles. The normalized spacial score (nSPS) is 10.8. The molecule has 0 aliphatic carbocycles. The van der Waals surface area contributed by atoms with Gasteiger partial charge in [0.05, 0.1) is 0 Å². The molecule has 0 aliphatic rings. The van der Waals surface area contributed by atoms with Gasteiger partial charge in [-0.05, 0) is 34.7 Å². The Hall–Kier alpha value is -1.87. The molecule has 0 radical (unpaired) electrons. The summed E-state index contributed by atoms with van der Waals surface area (Å²) in [7, 11) is 0. The second-order valence-electron chi connectivity index (χ2n) is 3.27. The van der Waals surface area contributed by atoms with Gasteiger partial charge >= 0.3 is 5.97 Å². The van der Waals surface area contributed by atoms with E-state index in [0.29, 0.717) is 0 Å². The summed E-state index contributed by atoms with van der Waals surface area (Å²) in [6.07, 6.45) is 2.74. The van der Waals surface area contributed by atoms with Gasteiger partial charge in [0.2, 0.25) is 0 Å². The number of hydrogen-bond donors (Lipinski definition) is 1. The van der Waals surface area contributed by atoms with Crippen LogP contribution < -0.4 is 0 Å². The van der Waals surface area contributed by atoms with Crippen LogP contribution in [0.1, 0.15) is 5.56 Å². The van der Waals surface area contributed by atoms with Crippen LogP contribution in [0.3, 0.4) is 0 Å². The number of rotatable bonds is 3. The van der Waals surface area contributed by atoms with Crippen molar-refractivity contribution in [1.82, 2.24) is 0 Å². The van der Waals surface area contributed by atoms with E-state index in [9.17, 15) is 4.79 Å². The second kappa shape index (κ2) is 4.77. The number of hydrogen-bond acceptors (Lipinski definition) is 2. The summed E-state index contributed by atoms with van der Waals surface area (Å²) in [4.78, 5) is 11.6. The second-order valence-corrected chi connectivity index (χ2v) is 4.22. The Morgan fingerprint density at radius 2 is 2.12 bits per heavy atom. The molecule has 1 N–H and O–H groups in total. The van der Waals surface area contributed by atoms with E-state index in [2.05, 4.69) is 0 Å². The summed E-state index contributed by atoms with van der Waals surface area (Å²) < 4.78 is 0. The Kier molecular flexibility index (Phi) is 3.17. The molecule has 1 aromatic heterocycles. The highest BCUT2D eigenvalue weighted by molar-refractivity contribution is 7.13. The molecule has 2 rings (SSSR count). The molecular formula is C13H10O2S. The van der Waals surface area contributed by atoms with E-state index in [1.807, 2.05) is 41.8 Å². The molecule has 0 atom stereocenters. The zero-order chi connectivity index (χ0) is 11.4. The van der Waals surface area contributed by atoms with Crippen molar-refractivity contribution < 1.29 is 9.90 Å². The average Bonchev–Trinajstić information content (AvgIpc) is 2.80. The van der Waals surface area contributed by atoms with Gasteiger partial charge in [0.25, 0.3) is 0 Å². The number of carbonyl (C=O) groups is 1. The van der Waals surface area contributed by atoms with E-state index in [0.717, 1.165) is 17.2 Å². The molecule has 0 saturated carbocycles. The van der Waals surface area contributed by atoms with E-state index in [1.165, 1.54) is 4.88 Å². The van der Waals surface area contributed by atoms with Crippen molar-refractivity contribution in [2.75, 3.05) is 0 Å². The van der Waals surface area contributed by atoms with Gasteiger partial charge in [0.1, 0.15) is 0 Å². The summed E-state index contributed by atoms with van der Waals surface area (Å²) >= 11 is 1.67. The number of benzene rings is 1. The van der Waals surface area contributed by atoms with Crippen LogP contribution >= 0.6 is 11.3 Å². The highest BCUT2D eigenvalue weighted by atomic mass is 32.1. The standard InChI is InChI=1S/C13H10O2S/c14-13(15)7-6-10-3-1-4-11(9-10)12-5-2-8-16-12/h1-9H,(H,14,15)/b7-6-. The van der Waals surface area contributed by atoms with Gasteiger partial charge in [-0.25, -0.2) is 4.79 Å². The van der Waals surface area contributed by atoms with E-state index >= 15 is 0 Å². The third-order valence-corrected chi connectivity index (χ3v) is 3.03. The van der Waals surface area contributed by atoms with Crippen LogP contribution in [0.2, 0.25) is 0 Å². The van der Waals surface area contributed by atoms with Gasteiger partial charge in [0.15, 0.2) is 0 Å². The third kappa shape index (κ3) is 2.58. The van der Waals surface area contributed by atoms with Crippen LogP contribution in [0.5, 0.6) is 0 Å². The number of thiophene rings is 1. The maximum absolute atomic E-state index is 10.4. The number of carboxylic acids is 1. The van der Waals surface area contributed by atoms with Crippen molar-refractivity contribution in [2.45, 2.75) is 0 Å². The van der Waals surface area contributed by atoms with Crippen LogP contribution in [-0.4, -0.2) is 11.1 Å². The summed E-state index contributed by atoms with van der Waals surface area (Å²) in [5, 5.41) is 10.6. The van der Waals surface area contributed by atoms with Crippen LogP contribution in [0, 0.1) is 0 Å². The fourth-order valence-corrected chi connectivity index (χ4v) is 2.13. The number of carboxylic acid groups (broad SMARTS) is 1. The Morgan fingerprint density at radius 3 is 2.81 bits per heavy atom. The first-order chi connectivity index (χ1) is 7.75. The highest BCUT2D eigenvalue weighted by Crippen LogP contribution is 2.25. The molecule has 0 unspecified atom stereocenters. The summed E-state index contributed by atoms with van der Waals surface area (Å²) in [6.45, 7) is 0. The topological polar surface area (TPSA) is 37.3 Å². The van der Waals surface area contributed by atoms with E-state index < -0.39 is 5.97 Å². The molecule has 3 heteroatoms. The van der Waals surface area contributed by atoms with E-state index in [4.69, 9.17) is 5.11 Å². The molecule has 0 fully saturated rings. The minimum absolute atomic E-state index is 0.897. The molecule has 80 valence electrons. The predicted molar refractivity (Wildman–Crippen MR) is 66.4 cm³/mol. The molecule has 16 heavy (non-hydrogen) atoms. The zero-order valence-electron chi connectivity index (χ0n) is 8.46. The van der Waals surface area contributed by atoms with Crippen molar-refractivity contribution in [1.29, 1.82) is 0 Å². The zero-order valence-corrected chi connectivity index (χ0v) is 9.28. The average molecular weight is 230 g/mol. The van der Waals surface area contributed by atoms with Crippen LogP contribution in [0.25, 0.3) is 16.5 Å². The monoisotopic (exact) mass is 230 g/mol. The smallest absolute Gasteiger partial charge is 0.328 e.